The monoisotopic (exact) mass is 479 g/mol. The summed E-state index contributed by atoms with van der Waals surface area (Å²) in [5.74, 6) is -0.347. The van der Waals surface area contributed by atoms with Gasteiger partial charge in [-0.05, 0) is 25.1 Å². The van der Waals surface area contributed by atoms with Crippen LogP contribution in [0.3, 0.4) is 0 Å². The molecule has 0 aliphatic heterocycles. The van der Waals surface area contributed by atoms with Gasteiger partial charge in [-0.2, -0.15) is 5.10 Å². The molecule has 11 heteroatoms. The Morgan fingerprint density at radius 3 is 2.73 bits per heavy atom. The molecule has 0 aliphatic rings. The van der Waals surface area contributed by atoms with E-state index in [9.17, 15) is 4.79 Å². The van der Waals surface area contributed by atoms with Gasteiger partial charge in [0.1, 0.15) is 17.0 Å². The molecule has 164 valence electrons. The van der Waals surface area contributed by atoms with Crippen LogP contribution in [0.5, 0.6) is 0 Å². The van der Waals surface area contributed by atoms with E-state index >= 15 is 0 Å². The van der Waals surface area contributed by atoms with Crippen LogP contribution in [0.4, 0.5) is 11.5 Å². The molecule has 0 atom stereocenters. The van der Waals surface area contributed by atoms with Gasteiger partial charge >= 0.3 is 5.97 Å². The minimum absolute atomic E-state index is 0.0688. The smallest absolute Gasteiger partial charge is 0.338 e. The number of esters is 1. The van der Waals surface area contributed by atoms with Crippen LogP contribution in [0, 0.1) is 0 Å². The Kier molecular flexibility index (Phi) is 5.49. The van der Waals surface area contributed by atoms with E-state index in [-0.39, 0.29) is 22.6 Å². The van der Waals surface area contributed by atoms with Gasteiger partial charge in [-0.25, -0.2) is 19.3 Å². The second-order valence-corrected chi connectivity index (χ2v) is 7.60. The number of hydrogen-bond acceptors (Lipinski definition) is 7. The number of ether oxygens (including phenoxy) is 1. The summed E-state index contributed by atoms with van der Waals surface area (Å²) in [6, 6.07) is 14.7. The fourth-order valence-corrected chi connectivity index (χ4v) is 3.71. The normalized spacial score (nSPS) is 11.6. The van der Waals surface area contributed by atoms with E-state index in [1.54, 1.807) is 29.6 Å². The Labute approximate surface area is 197 Å². The molecule has 33 heavy (non-hydrogen) atoms. The van der Waals surface area contributed by atoms with E-state index in [1.165, 1.54) is 6.33 Å². The fraction of sp³-hybridized carbons (Fsp3) is 0.0909. The van der Waals surface area contributed by atoms with Crippen molar-refractivity contribution in [2.45, 2.75) is 6.92 Å². The lowest BCUT2D eigenvalue weighted by molar-refractivity contribution is 0.0527. The predicted molar refractivity (Wildman–Crippen MR) is 125 cm³/mol. The maximum absolute atomic E-state index is 12.6. The molecule has 3 aromatic heterocycles. The summed E-state index contributed by atoms with van der Waals surface area (Å²) in [5.41, 5.74) is 4.05. The second-order valence-electron chi connectivity index (χ2n) is 6.87. The topological polar surface area (TPSA) is 110 Å². The van der Waals surface area contributed by atoms with Gasteiger partial charge in [-0.15, -0.1) is 10.2 Å². The van der Waals surface area contributed by atoms with Crippen molar-refractivity contribution < 1.29 is 9.53 Å². The molecule has 0 saturated heterocycles. The average molecular weight is 480 g/mol. The van der Waals surface area contributed by atoms with E-state index in [1.807, 2.05) is 30.3 Å². The van der Waals surface area contributed by atoms with Gasteiger partial charge in [0.05, 0.1) is 23.2 Å². The highest BCUT2D eigenvalue weighted by atomic mass is 35.5. The van der Waals surface area contributed by atoms with Gasteiger partial charge in [0.25, 0.3) is 0 Å². The number of aromatic nitrogens is 5. The molecular formula is C22H15Cl2N7O2. The molecule has 0 radical (unpaired) electrons. The first-order valence-corrected chi connectivity index (χ1v) is 10.7. The highest BCUT2D eigenvalue weighted by Crippen LogP contribution is 2.38. The maximum Gasteiger partial charge on any atom is 0.338 e. The number of carbonyl (C=O) groups is 1. The lowest BCUT2D eigenvalue weighted by atomic mass is 10.0. The van der Waals surface area contributed by atoms with Gasteiger partial charge in [0.2, 0.25) is 0 Å². The number of halogens is 2. The predicted octanol–water partition coefficient (Wildman–Crippen LogP) is 6.17. The fourth-order valence-electron chi connectivity index (χ4n) is 3.45. The molecule has 0 amide bonds. The number of benzene rings is 2. The SMILES string of the molecule is CCOC(=O)c1ccccc1-c1nn2c([nH]c3ccccc32)c1/N=N/c1ncnc(Cl)c1Cl. The van der Waals surface area contributed by atoms with Gasteiger partial charge in [0, 0.05) is 5.56 Å². The lowest BCUT2D eigenvalue weighted by Crippen LogP contribution is -2.06. The van der Waals surface area contributed by atoms with Crippen LogP contribution in [0.15, 0.2) is 65.1 Å². The largest absolute Gasteiger partial charge is 0.462 e. The third-order valence-electron chi connectivity index (χ3n) is 4.90. The Balaban J connectivity index is 1.75. The Hall–Kier alpha value is -3.82. The highest BCUT2D eigenvalue weighted by Gasteiger charge is 2.23. The van der Waals surface area contributed by atoms with Crippen LogP contribution in [0.2, 0.25) is 10.2 Å². The van der Waals surface area contributed by atoms with E-state index in [0.29, 0.717) is 28.2 Å². The van der Waals surface area contributed by atoms with Crippen LogP contribution in [0.1, 0.15) is 17.3 Å². The van der Waals surface area contributed by atoms with Crippen LogP contribution < -0.4 is 0 Å². The molecule has 0 spiro atoms. The van der Waals surface area contributed by atoms with Gasteiger partial charge in [-0.3, -0.25) is 0 Å². The van der Waals surface area contributed by atoms with Crippen molar-refractivity contribution >= 4 is 57.4 Å². The van der Waals surface area contributed by atoms with Crippen LogP contribution in [-0.2, 0) is 4.74 Å². The van der Waals surface area contributed by atoms with Gasteiger partial charge < -0.3 is 9.72 Å². The number of rotatable bonds is 5. The van der Waals surface area contributed by atoms with E-state index in [2.05, 4.69) is 25.2 Å². The van der Waals surface area contributed by atoms with E-state index < -0.39 is 5.97 Å². The third kappa shape index (κ3) is 3.71. The number of nitrogens with zero attached hydrogens (tertiary/aromatic N) is 6. The first kappa shape index (κ1) is 21.0. The van der Waals surface area contributed by atoms with Gasteiger partial charge in [0.15, 0.2) is 22.3 Å². The summed E-state index contributed by atoms with van der Waals surface area (Å²) in [4.78, 5) is 23.8. The summed E-state index contributed by atoms with van der Waals surface area (Å²) in [6.45, 7) is 2.00. The Morgan fingerprint density at radius 1 is 1.09 bits per heavy atom. The van der Waals surface area contributed by atoms with Crippen molar-refractivity contribution in [1.82, 2.24) is 24.6 Å². The number of azo groups is 1. The molecule has 0 aliphatic carbocycles. The molecule has 3 heterocycles. The van der Waals surface area contributed by atoms with E-state index in [0.717, 1.165) is 11.0 Å². The summed E-state index contributed by atoms with van der Waals surface area (Å²) in [5, 5.41) is 13.5. The first-order chi connectivity index (χ1) is 16.1. The standard InChI is InChI=1S/C22H15Cl2N7O2/c1-2-33-22(32)13-8-4-3-7-12(13)17-18(28-29-20-16(23)19(24)25-11-26-20)21-27-14-9-5-6-10-15(14)31(21)30-17/h3-11,27H,2H2,1H3/b29-28+. The van der Waals surface area contributed by atoms with Crippen LogP contribution >= 0.6 is 23.2 Å². The van der Waals surface area contributed by atoms with Crippen LogP contribution in [-0.4, -0.2) is 37.1 Å². The van der Waals surface area contributed by atoms with Crippen LogP contribution in [0.25, 0.3) is 27.9 Å². The minimum Gasteiger partial charge on any atom is -0.462 e. The molecule has 5 aromatic rings. The molecule has 0 unspecified atom stereocenters. The van der Waals surface area contributed by atoms with Crippen molar-refractivity contribution in [2.24, 2.45) is 10.2 Å². The number of aromatic amines is 1. The quantitative estimate of drug-likeness (QED) is 0.184. The molecular weight excluding hydrogens is 465 g/mol. The number of para-hydroxylation sites is 2. The molecule has 2 aromatic carbocycles. The molecule has 0 bridgehead atoms. The average Bonchev–Trinajstić information content (AvgIpc) is 3.36. The third-order valence-corrected chi connectivity index (χ3v) is 5.63. The maximum atomic E-state index is 12.6. The zero-order valence-corrected chi connectivity index (χ0v) is 18.7. The number of carbonyl (C=O) groups excluding carboxylic acids is 1. The van der Waals surface area contributed by atoms with Crippen molar-refractivity contribution in [1.29, 1.82) is 0 Å². The zero-order chi connectivity index (χ0) is 22.9. The number of imidazole rings is 1. The summed E-state index contributed by atoms with van der Waals surface area (Å²) >= 11 is 12.2. The molecule has 5 rings (SSSR count). The summed E-state index contributed by atoms with van der Waals surface area (Å²) in [6.07, 6.45) is 1.25. The minimum atomic E-state index is -0.455. The second kappa shape index (κ2) is 8.61. The Bertz CT molecular complexity index is 1540. The molecule has 0 fully saturated rings. The van der Waals surface area contributed by atoms with Crippen molar-refractivity contribution in [2.75, 3.05) is 6.61 Å². The van der Waals surface area contributed by atoms with Crippen molar-refractivity contribution in [3.63, 3.8) is 0 Å². The summed E-state index contributed by atoms with van der Waals surface area (Å²) < 4.78 is 6.95. The number of nitrogens with one attached hydrogen (secondary N) is 1. The molecule has 1 N–H and O–H groups in total. The summed E-state index contributed by atoms with van der Waals surface area (Å²) in [7, 11) is 0. The van der Waals surface area contributed by atoms with Gasteiger partial charge in [-0.1, -0.05) is 53.5 Å². The first-order valence-electron chi connectivity index (χ1n) is 9.92. The molecule has 0 saturated carbocycles. The molecule has 9 nitrogen and oxygen atoms in total. The number of hydrogen-bond donors (Lipinski definition) is 1. The van der Waals surface area contributed by atoms with E-state index in [4.69, 9.17) is 33.0 Å². The zero-order valence-electron chi connectivity index (χ0n) is 17.2. The highest BCUT2D eigenvalue weighted by molar-refractivity contribution is 6.42. The lowest BCUT2D eigenvalue weighted by Gasteiger charge is -2.07. The number of fused-ring (bicyclic) bond motifs is 3. The van der Waals surface area contributed by atoms with Crippen molar-refractivity contribution in [3.05, 3.63) is 70.6 Å². The Morgan fingerprint density at radius 2 is 1.88 bits per heavy atom. The van der Waals surface area contributed by atoms with Crippen molar-refractivity contribution in [3.8, 4) is 11.3 Å². The number of H-pyrrole nitrogens is 1.